The number of rotatable bonds is 4. The van der Waals surface area contributed by atoms with Gasteiger partial charge < -0.3 is 4.74 Å². The average molecular weight is 302 g/mol. The lowest BCUT2D eigenvalue weighted by Gasteiger charge is -2.11. The number of hydrogen-bond donors (Lipinski definition) is 1. The maximum absolute atomic E-state index is 11.8. The molecule has 0 bridgehead atoms. The van der Waals surface area contributed by atoms with Crippen molar-refractivity contribution < 1.29 is 9.53 Å². The third kappa shape index (κ3) is 3.31. The molecular weight excluding hydrogens is 284 g/mol. The van der Waals surface area contributed by atoms with Gasteiger partial charge in [0.25, 0.3) is 0 Å². The van der Waals surface area contributed by atoms with E-state index in [9.17, 15) is 4.79 Å². The van der Waals surface area contributed by atoms with Crippen molar-refractivity contribution in [2.24, 2.45) is 0 Å². The Kier molecular flexibility index (Phi) is 4.26. The van der Waals surface area contributed by atoms with Gasteiger partial charge in [-0.2, -0.15) is 15.5 Å². The van der Waals surface area contributed by atoms with Crippen LogP contribution in [0.15, 0.2) is 6.20 Å². The summed E-state index contributed by atoms with van der Waals surface area (Å²) in [5.41, 5.74) is 0.0289. The van der Waals surface area contributed by atoms with Crippen LogP contribution in [0.3, 0.4) is 0 Å². The van der Waals surface area contributed by atoms with Crippen molar-refractivity contribution >= 4 is 5.97 Å². The average Bonchev–Trinajstić information content (AvgIpc) is 3.05. The Morgan fingerprint density at radius 2 is 2.23 bits per heavy atom. The Balaban J connectivity index is 2.22. The van der Waals surface area contributed by atoms with Gasteiger partial charge in [-0.15, -0.1) is 0 Å². The molecule has 2 rings (SSSR count). The van der Waals surface area contributed by atoms with Crippen molar-refractivity contribution in [2.75, 3.05) is 6.61 Å². The van der Waals surface area contributed by atoms with Crippen LogP contribution in [0.2, 0.25) is 0 Å². The number of esters is 1. The van der Waals surface area contributed by atoms with Crippen LogP contribution in [0.5, 0.6) is 0 Å². The number of carbonyl (C=O) groups is 1. The number of aromatic nitrogens is 5. The van der Waals surface area contributed by atoms with Gasteiger partial charge in [-0.1, -0.05) is 20.8 Å². The van der Waals surface area contributed by atoms with Gasteiger partial charge in [0.05, 0.1) is 6.61 Å². The van der Waals surface area contributed by atoms with Crippen LogP contribution in [-0.2, 0) is 16.7 Å². The lowest BCUT2D eigenvalue weighted by atomic mass is 9.96. The van der Waals surface area contributed by atoms with E-state index in [1.54, 1.807) is 6.92 Å². The summed E-state index contributed by atoms with van der Waals surface area (Å²) in [6, 6.07) is 1.89. The van der Waals surface area contributed by atoms with E-state index >= 15 is 0 Å². The van der Waals surface area contributed by atoms with Crippen molar-refractivity contribution in [1.29, 1.82) is 5.26 Å². The Morgan fingerprint density at radius 3 is 2.77 bits per heavy atom. The van der Waals surface area contributed by atoms with E-state index in [0.29, 0.717) is 11.6 Å². The molecule has 2 aromatic rings. The van der Waals surface area contributed by atoms with Crippen LogP contribution >= 0.6 is 0 Å². The molecule has 2 aromatic heterocycles. The van der Waals surface area contributed by atoms with Gasteiger partial charge in [0.15, 0.2) is 11.5 Å². The SMILES string of the molecule is CCOC(=O)c1cn(Cc2nc(C(C)(C)C)n[nH]2)nc1C#N. The zero-order valence-corrected chi connectivity index (χ0v) is 13.0. The zero-order valence-electron chi connectivity index (χ0n) is 13.0. The van der Waals surface area contributed by atoms with Crippen molar-refractivity contribution in [3.05, 3.63) is 29.1 Å². The fourth-order valence-electron chi connectivity index (χ4n) is 1.80. The van der Waals surface area contributed by atoms with E-state index in [1.807, 2.05) is 26.8 Å². The fraction of sp³-hybridized carbons (Fsp3) is 0.500. The minimum absolute atomic E-state index is 0.0361. The first kappa shape index (κ1) is 15.7. The molecule has 0 saturated carbocycles. The van der Waals surface area contributed by atoms with E-state index in [1.165, 1.54) is 10.9 Å². The molecule has 0 spiro atoms. The first-order valence-corrected chi connectivity index (χ1v) is 6.91. The number of carbonyl (C=O) groups excluding carboxylic acids is 1. The Bertz CT molecular complexity index is 717. The molecule has 0 atom stereocenters. The van der Waals surface area contributed by atoms with E-state index in [0.717, 1.165) is 0 Å². The summed E-state index contributed by atoms with van der Waals surface area (Å²) in [6.07, 6.45) is 1.48. The van der Waals surface area contributed by atoms with E-state index < -0.39 is 5.97 Å². The monoisotopic (exact) mass is 302 g/mol. The lowest BCUT2D eigenvalue weighted by Crippen LogP contribution is -2.13. The third-order valence-corrected chi connectivity index (χ3v) is 2.88. The van der Waals surface area contributed by atoms with Crippen molar-refractivity contribution in [2.45, 2.75) is 39.7 Å². The first-order chi connectivity index (χ1) is 10.3. The molecule has 0 aromatic carbocycles. The molecule has 0 saturated heterocycles. The lowest BCUT2D eigenvalue weighted by molar-refractivity contribution is 0.0526. The van der Waals surface area contributed by atoms with Crippen LogP contribution in [0.25, 0.3) is 0 Å². The minimum atomic E-state index is -0.557. The zero-order chi connectivity index (χ0) is 16.3. The second-order valence-corrected chi connectivity index (χ2v) is 5.78. The van der Waals surface area contributed by atoms with Crippen LogP contribution < -0.4 is 0 Å². The van der Waals surface area contributed by atoms with Gasteiger partial charge in [0.2, 0.25) is 0 Å². The Labute approximate surface area is 128 Å². The highest BCUT2D eigenvalue weighted by Gasteiger charge is 2.21. The summed E-state index contributed by atoms with van der Waals surface area (Å²) < 4.78 is 6.37. The van der Waals surface area contributed by atoms with Crippen LogP contribution in [0.1, 0.15) is 55.4 Å². The fourth-order valence-corrected chi connectivity index (χ4v) is 1.80. The highest BCUT2D eigenvalue weighted by molar-refractivity contribution is 5.91. The van der Waals surface area contributed by atoms with Crippen LogP contribution in [0, 0.1) is 11.3 Å². The molecule has 2 heterocycles. The maximum Gasteiger partial charge on any atom is 0.342 e. The predicted molar refractivity (Wildman–Crippen MR) is 77.1 cm³/mol. The quantitative estimate of drug-likeness (QED) is 0.855. The van der Waals surface area contributed by atoms with Crippen molar-refractivity contribution in [1.82, 2.24) is 25.0 Å². The molecule has 22 heavy (non-hydrogen) atoms. The van der Waals surface area contributed by atoms with Crippen molar-refractivity contribution in [3.63, 3.8) is 0 Å². The number of nitriles is 1. The number of H-pyrrole nitrogens is 1. The third-order valence-electron chi connectivity index (χ3n) is 2.88. The van der Waals surface area contributed by atoms with Crippen LogP contribution in [0.4, 0.5) is 0 Å². The maximum atomic E-state index is 11.8. The topological polar surface area (TPSA) is 109 Å². The molecule has 8 heteroatoms. The minimum Gasteiger partial charge on any atom is -0.462 e. The molecule has 0 aliphatic rings. The van der Waals surface area contributed by atoms with Gasteiger partial charge in [-0.3, -0.25) is 9.78 Å². The summed E-state index contributed by atoms with van der Waals surface area (Å²) in [4.78, 5) is 16.2. The number of aromatic amines is 1. The smallest absolute Gasteiger partial charge is 0.342 e. The predicted octanol–water partition coefficient (Wildman–Crippen LogP) is 1.40. The first-order valence-electron chi connectivity index (χ1n) is 6.91. The summed E-state index contributed by atoms with van der Waals surface area (Å²) in [6.45, 7) is 8.28. The number of hydrogen-bond acceptors (Lipinski definition) is 6. The van der Waals surface area contributed by atoms with E-state index in [2.05, 4.69) is 20.3 Å². The van der Waals surface area contributed by atoms with Gasteiger partial charge in [-0.05, 0) is 6.92 Å². The van der Waals surface area contributed by atoms with Gasteiger partial charge >= 0.3 is 5.97 Å². The van der Waals surface area contributed by atoms with E-state index in [4.69, 9.17) is 10.00 Å². The highest BCUT2D eigenvalue weighted by Crippen LogP contribution is 2.17. The van der Waals surface area contributed by atoms with E-state index in [-0.39, 0.29) is 29.8 Å². The molecule has 0 aliphatic heterocycles. The standard InChI is InChI=1S/C14H18N6O2/c1-5-22-12(21)9-7-20(19-10(9)6-15)8-11-16-13(18-17-11)14(2,3)4/h7H,5,8H2,1-4H3,(H,16,17,18). The normalized spacial score (nSPS) is 11.2. The Hall–Kier alpha value is -2.69. The molecule has 0 aliphatic carbocycles. The molecule has 0 unspecified atom stereocenters. The summed E-state index contributed by atoms with van der Waals surface area (Å²) in [5.74, 6) is 0.742. The molecule has 0 radical (unpaired) electrons. The molecule has 8 nitrogen and oxygen atoms in total. The van der Waals surface area contributed by atoms with Crippen LogP contribution in [-0.4, -0.2) is 37.5 Å². The molecule has 0 fully saturated rings. The van der Waals surface area contributed by atoms with Gasteiger partial charge in [0, 0.05) is 11.6 Å². The largest absolute Gasteiger partial charge is 0.462 e. The molecular formula is C14H18N6O2. The summed E-state index contributed by atoms with van der Waals surface area (Å²) in [5, 5.41) is 20.1. The van der Waals surface area contributed by atoms with Gasteiger partial charge in [-0.25, -0.2) is 9.78 Å². The van der Waals surface area contributed by atoms with Crippen molar-refractivity contribution in [3.8, 4) is 6.07 Å². The molecule has 116 valence electrons. The molecule has 0 amide bonds. The number of ether oxygens (including phenoxy) is 1. The highest BCUT2D eigenvalue weighted by atomic mass is 16.5. The number of nitrogens with one attached hydrogen (secondary N) is 1. The second kappa shape index (κ2) is 5.97. The summed E-state index contributed by atoms with van der Waals surface area (Å²) in [7, 11) is 0. The molecule has 1 N–H and O–H groups in total. The van der Waals surface area contributed by atoms with Gasteiger partial charge in [0.1, 0.15) is 24.0 Å². The summed E-state index contributed by atoms with van der Waals surface area (Å²) >= 11 is 0. The Morgan fingerprint density at radius 1 is 1.50 bits per heavy atom. The second-order valence-electron chi connectivity index (χ2n) is 5.78. The number of nitrogens with zero attached hydrogens (tertiary/aromatic N) is 5.